The third-order valence-corrected chi connectivity index (χ3v) is 6.46. The molecule has 0 aliphatic heterocycles. The topological polar surface area (TPSA) is 95.2 Å². The lowest BCUT2D eigenvalue weighted by Crippen LogP contribution is -2.09. The Morgan fingerprint density at radius 1 is 0.583 bits per heavy atom. The molecular weight excluding hydrogens is 454 g/mol. The van der Waals surface area contributed by atoms with E-state index >= 15 is 0 Å². The van der Waals surface area contributed by atoms with Crippen LogP contribution in [0, 0.1) is 62.9 Å². The van der Waals surface area contributed by atoms with Crippen LogP contribution in [-0.2, 0) is 0 Å². The lowest BCUT2D eigenvalue weighted by molar-refractivity contribution is 0.628. The van der Waals surface area contributed by atoms with E-state index in [9.17, 15) is 29.8 Å². The van der Waals surface area contributed by atoms with E-state index in [0.717, 1.165) is 0 Å². The zero-order valence-electron chi connectivity index (χ0n) is 18.6. The minimum absolute atomic E-state index is 0.276. The monoisotopic (exact) mass is 468 g/mol. The molecule has 0 spiro atoms. The van der Waals surface area contributed by atoms with Gasteiger partial charge < -0.3 is 0 Å². The van der Waals surface area contributed by atoms with Crippen LogP contribution in [0.3, 0.4) is 0 Å². The molecule has 36 heavy (non-hydrogen) atoms. The van der Waals surface area contributed by atoms with Crippen LogP contribution >= 0.6 is 0 Å². The maximum absolute atomic E-state index is 14.0. The van der Waals surface area contributed by atoms with Gasteiger partial charge in [-0.25, -0.2) is 8.78 Å². The summed E-state index contributed by atoms with van der Waals surface area (Å²) in [5, 5.41) is 39.2. The largest absolute Gasteiger partial charge is 0.207 e. The summed E-state index contributed by atoms with van der Waals surface area (Å²) in [6.07, 6.45) is 0. The fourth-order valence-corrected chi connectivity index (χ4v) is 4.89. The zero-order chi connectivity index (χ0) is 25.4. The molecule has 4 nitrogen and oxygen atoms in total. The summed E-state index contributed by atoms with van der Waals surface area (Å²) in [6.45, 7) is 0. The van der Waals surface area contributed by atoms with Gasteiger partial charge in [-0.1, -0.05) is 24.3 Å². The standard InChI is InChI=1S/C30H14F2N4/c31-22-5-1-3-17(7-22)24-11-26-27-12-25(18-4-2-6-23(32)8-18)20(14-34)10-29(27)30(21(15-35)16-36)28(26)9-19(24)13-33/h1-12,21,30H. The SMILES string of the molecule is N#Cc1cc2c(cc1-c1cccc(F)c1)-c1cc(-c3cccc(F)c3)c(C#N)cc1C2C(C#N)C#N. The highest BCUT2D eigenvalue weighted by molar-refractivity contribution is 5.89. The molecule has 0 amide bonds. The van der Waals surface area contributed by atoms with Gasteiger partial charge in [0.05, 0.1) is 35.4 Å². The number of hydrogen-bond acceptors (Lipinski definition) is 4. The van der Waals surface area contributed by atoms with E-state index in [1.54, 1.807) is 48.5 Å². The van der Waals surface area contributed by atoms with Crippen molar-refractivity contribution >= 4 is 0 Å². The van der Waals surface area contributed by atoms with Crippen molar-refractivity contribution in [2.45, 2.75) is 5.92 Å². The van der Waals surface area contributed by atoms with E-state index in [4.69, 9.17) is 0 Å². The van der Waals surface area contributed by atoms with Crippen molar-refractivity contribution in [1.82, 2.24) is 0 Å². The highest BCUT2D eigenvalue weighted by atomic mass is 19.1. The van der Waals surface area contributed by atoms with Crippen LogP contribution in [0.15, 0.2) is 72.8 Å². The minimum atomic E-state index is -1.07. The van der Waals surface area contributed by atoms with Crippen molar-refractivity contribution in [1.29, 1.82) is 21.0 Å². The number of benzene rings is 4. The lowest BCUT2D eigenvalue weighted by atomic mass is 9.83. The molecule has 4 aromatic carbocycles. The Morgan fingerprint density at radius 2 is 1.03 bits per heavy atom. The van der Waals surface area contributed by atoms with E-state index in [1.807, 2.05) is 12.1 Å². The summed E-state index contributed by atoms with van der Waals surface area (Å²) < 4.78 is 28.0. The second kappa shape index (κ2) is 8.81. The molecule has 168 valence electrons. The number of hydrogen-bond donors (Lipinski definition) is 0. The first-order valence-corrected chi connectivity index (χ1v) is 11.0. The zero-order valence-corrected chi connectivity index (χ0v) is 18.6. The van der Waals surface area contributed by atoms with Crippen molar-refractivity contribution in [2.24, 2.45) is 5.92 Å². The van der Waals surface area contributed by atoms with Crippen LogP contribution in [0.25, 0.3) is 33.4 Å². The van der Waals surface area contributed by atoms with Crippen LogP contribution in [0.4, 0.5) is 8.78 Å². The Labute approximate surface area is 206 Å². The van der Waals surface area contributed by atoms with Crippen LogP contribution in [0.2, 0.25) is 0 Å². The van der Waals surface area contributed by atoms with Gasteiger partial charge in [0.15, 0.2) is 0 Å². The molecule has 0 atom stereocenters. The van der Waals surface area contributed by atoms with Gasteiger partial charge in [0.25, 0.3) is 0 Å². The molecule has 1 aliphatic rings. The average molecular weight is 468 g/mol. The molecular formula is C30H14F2N4. The van der Waals surface area contributed by atoms with Crippen molar-refractivity contribution in [3.8, 4) is 57.7 Å². The molecule has 0 unspecified atom stereocenters. The Kier molecular flexibility index (Phi) is 5.50. The van der Waals surface area contributed by atoms with E-state index in [-0.39, 0.29) is 11.1 Å². The van der Waals surface area contributed by atoms with Gasteiger partial charge >= 0.3 is 0 Å². The minimum Gasteiger partial charge on any atom is -0.207 e. The highest BCUT2D eigenvalue weighted by Crippen LogP contribution is 2.51. The van der Waals surface area contributed by atoms with Gasteiger partial charge in [-0.3, -0.25) is 0 Å². The normalized spacial score (nSPS) is 11.6. The first-order chi connectivity index (χ1) is 17.5. The first-order valence-electron chi connectivity index (χ1n) is 11.0. The molecule has 0 saturated carbocycles. The number of rotatable bonds is 3. The molecule has 1 aliphatic carbocycles. The summed E-state index contributed by atoms with van der Waals surface area (Å²) in [6, 6.07) is 26.9. The van der Waals surface area contributed by atoms with Crippen LogP contribution in [0.5, 0.6) is 0 Å². The van der Waals surface area contributed by atoms with Gasteiger partial charge in [0.2, 0.25) is 0 Å². The third kappa shape index (κ3) is 3.56. The predicted octanol–water partition coefficient (Wildman–Crippen LogP) is 6.82. The summed E-state index contributed by atoms with van der Waals surface area (Å²) in [4.78, 5) is 0. The van der Waals surface area contributed by atoms with Gasteiger partial charge in [-0.15, -0.1) is 0 Å². The second-order valence-corrected chi connectivity index (χ2v) is 8.43. The molecule has 4 aromatic rings. The van der Waals surface area contributed by atoms with Crippen molar-refractivity contribution in [3.05, 3.63) is 107 Å². The summed E-state index contributed by atoms with van der Waals surface area (Å²) in [5.74, 6) is -2.65. The van der Waals surface area contributed by atoms with Gasteiger partial charge in [0.1, 0.15) is 17.6 Å². The maximum Gasteiger partial charge on any atom is 0.144 e. The smallest absolute Gasteiger partial charge is 0.144 e. The molecule has 0 bridgehead atoms. The Bertz CT molecular complexity index is 1600. The summed E-state index contributed by atoms with van der Waals surface area (Å²) in [7, 11) is 0. The fourth-order valence-electron chi connectivity index (χ4n) is 4.89. The number of nitrogens with zero attached hydrogens (tertiary/aromatic N) is 4. The Balaban J connectivity index is 1.84. The Hall–Kier alpha value is -5.30. The molecule has 0 saturated heterocycles. The van der Waals surface area contributed by atoms with Crippen molar-refractivity contribution < 1.29 is 8.78 Å². The number of fused-ring (bicyclic) bond motifs is 3. The van der Waals surface area contributed by atoms with Crippen molar-refractivity contribution in [3.63, 3.8) is 0 Å². The number of nitriles is 4. The third-order valence-electron chi connectivity index (χ3n) is 6.46. The Morgan fingerprint density at radius 3 is 1.39 bits per heavy atom. The molecule has 0 heterocycles. The molecule has 6 heteroatoms. The fraction of sp³-hybridized carbons (Fsp3) is 0.0667. The predicted molar refractivity (Wildman–Crippen MR) is 129 cm³/mol. The molecule has 0 fully saturated rings. The summed E-state index contributed by atoms with van der Waals surface area (Å²) >= 11 is 0. The van der Waals surface area contributed by atoms with E-state index in [0.29, 0.717) is 44.5 Å². The van der Waals surface area contributed by atoms with Gasteiger partial charge in [-0.05, 0) is 81.9 Å². The average Bonchev–Trinajstić information content (AvgIpc) is 3.20. The van der Waals surface area contributed by atoms with Crippen LogP contribution < -0.4 is 0 Å². The summed E-state index contributed by atoms with van der Waals surface area (Å²) in [5.41, 5.74) is 5.14. The highest BCUT2D eigenvalue weighted by Gasteiger charge is 2.37. The quantitative estimate of drug-likeness (QED) is 0.330. The molecule has 0 N–H and O–H groups in total. The van der Waals surface area contributed by atoms with E-state index in [1.165, 1.54) is 24.3 Å². The van der Waals surface area contributed by atoms with Crippen LogP contribution in [-0.4, -0.2) is 0 Å². The number of halogens is 2. The molecule has 5 rings (SSSR count). The maximum atomic E-state index is 14.0. The molecule has 0 radical (unpaired) electrons. The second-order valence-electron chi connectivity index (χ2n) is 8.43. The lowest BCUT2D eigenvalue weighted by Gasteiger charge is -2.16. The van der Waals surface area contributed by atoms with Crippen LogP contribution in [0.1, 0.15) is 28.2 Å². The van der Waals surface area contributed by atoms with E-state index < -0.39 is 23.5 Å². The van der Waals surface area contributed by atoms with Crippen molar-refractivity contribution in [2.75, 3.05) is 0 Å². The molecule has 0 aromatic heterocycles. The van der Waals surface area contributed by atoms with E-state index in [2.05, 4.69) is 12.1 Å². The van der Waals surface area contributed by atoms with Gasteiger partial charge in [0, 0.05) is 17.0 Å². The van der Waals surface area contributed by atoms with Gasteiger partial charge in [-0.2, -0.15) is 21.0 Å². The first kappa shape index (κ1) is 22.5.